The Morgan fingerprint density at radius 2 is 1.71 bits per heavy atom. The molecule has 0 aromatic heterocycles. The van der Waals surface area contributed by atoms with Gasteiger partial charge in [-0.3, -0.25) is 19.7 Å². The van der Waals surface area contributed by atoms with Gasteiger partial charge in [0.25, 0.3) is 5.91 Å². The van der Waals surface area contributed by atoms with Crippen LogP contribution in [0.5, 0.6) is 0 Å². The van der Waals surface area contributed by atoms with E-state index in [1.165, 1.54) is 0 Å². The van der Waals surface area contributed by atoms with Gasteiger partial charge in [-0.15, -0.1) is 11.8 Å². The summed E-state index contributed by atoms with van der Waals surface area (Å²) in [4.78, 5) is 31.4. The number of carbonyl (C=O) groups is 2. The Hall–Kier alpha value is -2.31. The van der Waals surface area contributed by atoms with Crippen LogP contribution in [0.15, 0.2) is 59.5 Å². The van der Waals surface area contributed by atoms with E-state index in [1.807, 2.05) is 60.9 Å². The van der Waals surface area contributed by atoms with Gasteiger partial charge in [0, 0.05) is 4.90 Å². The molecular weight excluding hydrogens is 324 g/mol. The van der Waals surface area contributed by atoms with E-state index in [0.717, 1.165) is 16.1 Å². The van der Waals surface area contributed by atoms with Crippen LogP contribution in [0.4, 0.5) is 5.69 Å². The summed E-state index contributed by atoms with van der Waals surface area (Å²) in [7, 11) is 0. The minimum absolute atomic E-state index is 0.276. The molecule has 4 rings (SSSR count). The third-order valence-corrected chi connectivity index (χ3v) is 5.17. The lowest BCUT2D eigenvalue weighted by Crippen LogP contribution is -2.33. The van der Waals surface area contributed by atoms with Gasteiger partial charge in [-0.05, 0) is 36.1 Å². The van der Waals surface area contributed by atoms with Crippen molar-refractivity contribution in [1.29, 1.82) is 0 Å². The monoisotopic (exact) mass is 340 g/mol. The fraction of sp³-hybridized carbons (Fsp3) is 0.222. The third kappa shape index (κ3) is 2.39. The summed E-state index contributed by atoms with van der Waals surface area (Å²) in [5.41, 5.74) is 1.78. The topological polar surface area (TPSA) is 58.6 Å². The number of carbonyl (C=O) groups excluding carboxylic acids is 2. The van der Waals surface area contributed by atoms with Crippen molar-refractivity contribution in [2.24, 2.45) is 5.92 Å². The van der Waals surface area contributed by atoms with Gasteiger partial charge in [-0.1, -0.05) is 30.3 Å². The molecule has 5 nitrogen and oxygen atoms in total. The van der Waals surface area contributed by atoms with Gasteiger partial charge in [0.2, 0.25) is 5.91 Å². The van der Waals surface area contributed by atoms with E-state index in [2.05, 4.69) is 5.32 Å². The SMILES string of the molecule is CSc1ccc([C@@H]2[C@@H]3C(=O)NC(=O)[C@@H]3ON2c2ccccc2)cc1. The molecule has 2 heterocycles. The van der Waals surface area contributed by atoms with Crippen molar-refractivity contribution in [2.45, 2.75) is 17.0 Å². The predicted molar refractivity (Wildman–Crippen MR) is 91.4 cm³/mol. The maximum absolute atomic E-state index is 12.3. The largest absolute Gasteiger partial charge is 0.294 e. The minimum Gasteiger partial charge on any atom is -0.294 e. The fourth-order valence-electron chi connectivity index (χ4n) is 3.27. The normalized spacial score (nSPS) is 25.7. The number of hydrogen-bond donors (Lipinski definition) is 1. The number of anilines is 1. The lowest BCUT2D eigenvalue weighted by Gasteiger charge is -2.27. The molecule has 0 bridgehead atoms. The molecule has 122 valence electrons. The Bertz CT molecular complexity index is 779. The molecule has 2 aliphatic heterocycles. The van der Waals surface area contributed by atoms with Crippen LogP contribution in [0, 0.1) is 5.92 Å². The Morgan fingerprint density at radius 3 is 2.38 bits per heavy atom. The maximum atomic E-state index is 12.3. The number of fused-ring (bicyclic) bond motifs is 1. The highest BCUT2D eigenvalue weighted by Gasteiger charge is 2.56. The van der Waals surface area contributed by atoms with Crippen LogP contribution in [0.1, 0.15) is 11.6 Å². The van der Waals surface area contributed by atoms with Crippen LogP contribution in [0.3, 0.4) is 0 Å². The first kappa shape index (κ1) is 15.2. The van der Waals surface area contributed by atoms with Crippen LogP contribution in [0.2, 0.25) is 0 Å². The lowest BCUT2D eigenvalue weighted by atomic mass is 9.90. The summed E-state index contributed by atoms with van der Waals surface area (Å²) >= 11 is 1.66. The molecule has 6 heteroatoms. The van der Waals surface area contributed by atoms with Gasteiger partial charge >= 0.3 is 0 Å². The highest BCUT2D eigenvalue weighted by Crippen LogP contribution is 2.44. The van der Waals surface area contributed by atoms with Crippen LogP contribution in [-0.4, -0.2) is 24.2 Å². The van der Waals surface area contributed by atoms with E-state index in [0.29, 0.717) is 0 Å². The van der Waals surface area contributed by atoms with Crippen molar-refractivity contribution in [2.75, 3.05) is 11.3 Å². The smallest absolute Gasteiger partial charge is 0.259 e. The molecule has 0 radical (unpaired) electrons. The highest BCUT2D eigenvalue weighted by atomic mass is 32.2. The number of amides is 2. The van der Waals surface area contributed by atoms with Gasteiger partial charge < -0.3 is 0 Å². The van der Waals surface area contributed by atoms with E-state index in [9.17, 15) is 9.59 Å². The molecule has 2 aliphatic rings. The van der Waals surface area contributed by atoms with Gasteiger partial charge in [0.05, 0.1) is 11.7 Å². The number of imide groups is 1. The second kappa shape index (κ2) is 5.96. The van der Waals surface area contributed by atoms with Gasteiger partial charge in [-0.2, -0.15) is 0 Å². The van der Waals surface area contributed by atoms with Crippen molar-refractivity contribution in [3.8, 4) is 0 Å². The van der Waals surface area contributed by atoms with E-state index < -0.39 is 12.0 Å². The second-order valence-electron chi connectivity index (χ2n) is 5.78. The van der Waals surface area contributed by atoms with Gasteiger partial charge in [0.1, 0.15) is 5.92 Å². The van der Waals surface area contributed by atoms with Gasteiger partial charge in [0.15, 0.2) is 6.10 Å². The van der Waals surface area contributed by atoms with E-state index >= 15 is 0 Å². The minimum atomic E-state index is -0.775. The number of nitrogens with one attached hydrogen (secondary N) is 1. The van der Waals surface area contributed by atoms with Crippen molar-refractivity contribution in [3.05, 3.63) is 60.2 Å². The standard InChI is InChI=1S/C18H16N2O3S/c1-24-13-9-7-11(8-10-13)15-14-16(18(22)19-17(14)21)23-20(15)12-5-3-2-4-6-12/h2-10,14-16H,1H3,(H,19,21,22)/t14-,15+,16+/m0/s1. The van der Waals surface area contributed by atoms with Crippen LogP contribution in [-0.2, 0) is 14.4 Å². The molecule has 0 saturated carbocycles. The van der Waals surface area contributed by atoms with E-state index in [4.69, 9.17) is 4.84 Å². The molecule has 0 unspecified atom stereocenters. The molecule has 2 amide bonds. The maximum Gasteiger partial charge on any atom is 0.259 e. The Morgan fingerprint density at radius 1 is 1.00 bits per heavy atom. The second-order valence-corrected chi connectivity index (χ2v) is 6.66. The number of nitrogens with zero attached hydrogens (tertiary/aromatic N) is 1. The molecule has 1 N–H and O–H groups in total. The average molecular weight is 340 g/mol. The Balaban J connectivity index is 1.78. The number of para-hydroxylation sites is 1. The summed E-state index contributed by atoms with van der Waals surface area (Å²) < 4.78 is 0. The third-order valence-electron chi connectivity index (χ3n) is 4.42. The lowest BCUT2D eigenvalue weighted by molar-refractivity contribution is -0.129. The van der Waals surface area contributed by atoms with Crippen molar-refractivity contribution >= 4 is 29.3 Å². The van der Waals surface area contributed by atoms with E-state index in [-0.39, 0.29) is 17.9 Å². The first-order valence-electron chi connectivity index (χ1n) is 7.69. The number of hydrogen-bond acceptors (Lipinski definition) is 5. The van der Waals surface area contributed by atoms with E-state index in [1.54, 1.807) is 16.8 Å². The molecule has 2 saturated heterocycles. The fourth-order valence-corrected chi connectivity index (χ4v) is 3.68. The molecule has 2 aromatic carbocycles. The zero-order chi connectivity index (χ0) is 16.7. The van der Waals surface area contributed by atoms with Crippen LogP contribution < -0.4 is 10.4 Å². The summed E-state index contributed by atoms with van der Waals surface area (Å²) in [6.07, 6.45) is 1.24. The van der Waals surface area contributed by atoms with Crippen molar-refractivity contribution in [3.63, 3.8) is 0 Å². The molecule has 2 aromatic rings. The van der Waals surface area contributed by atoms with Crippen LogP contribution in [0.25, 0.3) is 0 Å². The molecule has 2 fully saturated rings. The number of thioether (sulfide) groups is 1. The first-order chi connectivity index (χ1) is 11.7. The van der Waals surface area contributed by atoms with Crippen molar-refractivity contribution in [1.82, 2.24) is 5.32 Å². The summed E-state index contributed by atoms with van der Waals surface area (Å²) in [6, 6.07) is 17.2. The molecular formula is C18H16N2O3S. The highest BCUT2D eigenvalue weighted by molar-refractivity contribution is 7.98. The summed E-state index contributed by atoms with van der Waals surface area (Å²) in [6.45, 7) is 0. The quantitative estimate of drug-likeness (QED) is 0.687. The molecule has 0 aliphatic carbocycles. The summed E-state index contributed by atoms with van der Waals surface area (Å²) in [5.74, 6) is -1.19. The number of benzene rings is 2. The zero-order valence-corrected chi connectivity index (χ0v) is 13.8. The summed E-state index contributed by atoms with van der Waals surface area (Å²) in [5, 5.41) is 4.07. The number of rotatable bonds is 3. The first-order valence-corrected chi connectivity index (χ1v) is 8.91. The molecule has 0 spiro atoms. The zero-order valence-electron chi connectivity index (χ0n) is 13.0. The van der Waals surface area contributed by atoms with Gasteiger partial charge in [-0.25, -0.2) is 5.06 Å². The average Bonchev–Trinajstić information content (AvgIpc) is 3.14. The van der Waals surface area contributed by atoms with Crippen LogP contribution >= 0.6 is 11.8 Å². The van der Waals surface area contributed by atoms with Crippen molar-refractivity contribution < 1.29 is 14.4 Å². The predicted octanol–water partition coefficient (Wildman–Crippen LogP) is 2.54. The number of hydroxylamine groups is 1. The molecule has 24 heavy (non-hydrogen) atoms. The molecule has 3 atom stereocenters. The Labute approximate surface area is 143 Å². The Kier molecular flexibility index (Phi) is 3.78.